The number of amides is 1. The number of hydrogen-bond donors (Lipinski definition) is 1. The summed E-state index contributed by atoms with van der Waals surface area (Å²) in [5.74, 6) is 0.0110. The van der Waals surface area contributed by atoms with Gasteiger partial charge in [0, 0.05) is 31.2 Å². The Hall–Kier alpha value is -0.770. The SMILES string of the molecule is CC1CN(C(=O)c2ccc(Cl)c(Cl)c2)CCN1. The Bertz CT molecular complexity index is 437. The third kappa shape index (κ3) is 2.92. The van der Waals surface area contributed by atoms with Gasteiger partial charge in [-0.25, -0.2) is 0 Å². The molecule has 1 aliphatic rings. The number of rotatable bonds is 1. The van der Waals surface area contributed by atoms with Crippen LogP contribution >= 0.6 is 23.2 Å². The molecule has 1 N–H and O–H groups in total. The quantitative estimate of drug-likeness (QED) is 0.852. The third-order valence-electron chi connectivity index (χ3n) is 2.82. The molecule has 0 spiro atoms. The summed E-state index contributed by atoms with van der Waals surface area (Å²) in [6.07, 6.45) is 0. The number of hydrogen-bond acceptors (Lipinski definition) is 2. The van der Waals surface area contributed by atoms with E-state index in [2.05, 4.69) is 12.2 Å². The molecule has 1 aromatic carbocycles. The standard InChI is InChI=1S/C12H14Cl2N2O/c1-8-7-16(5-4-15-8)12(17)9-2-3-10(13)11(14)6-9/h2-3,6,8,15H,4-5,7H2,1H3. The van der Waals surface area contributed by atoms with Crippen LogP contribution in [0.5, 0.6) is 0 Å². The number of halogens is 2. The number of carbonyl (C=O) groups is 1. The van der Waals surface area contributed by atoms with Crippen molar-refractivity contribution in [1.29, 1.82) is 0 Å². The molecule has 1 atom stereocenters. The van der Waals surface area contributed by atoms with Gasteiger partial charge in [0.05, 0.1) is 10.0 Å². The first-order chi connectivity index (χ1) is 8.08. The van der Waals surface area contributed by atoms with E-state index in [1.54, 1.807) is 18.2 Å². The molecule has 1 heterocycles. The van der Waals surface area contributed by atoms with Gasteiger partial charge in [0.1, 0.15) is 0 Å². The van der Waals surface area contributed by atoms with E-state index in [1.165, 1.54) is 0 Å². The topological polar surface area (TPSA) is 32.3 Å². The van der Waals surface area contributed by atoms with Crippen molar-refractivity contribution in [2.24, 2.45) is 0 Å². The van der Waals surface area contributed by atoms with Crippen LogP contribution in [0.15, 0.2) is 18.2 Å². The molecule has 0 saturated carbocycles. The van der Waals surface area contributed by atoms with Crippen LogP contribution in [-0.4, -0.2) is 36.5 Å². The maximum Gasteiger partial charge on any atom is 0.254 e. The van der Waals surface area contributed by atoms with E-state index in [-0.39, 0.29) is 5.91 Å². The minimum Gasteiger partial charge on any atom is -0.336 e. The van der Waals surface area contributed by atoms with Gasteiger partial charge >= 0.3 is 0 Å². The lowest BCUT2D eigenvalue weighted by atomic mass is 10.1. The molecule has 17 heavy (non-hydrogen) atoms. The molecule has 0 aromatic heterocycles. The van der Waals surface area contributed by atoms with Gasteiger partial charge in [0.2, 0.25) is 0 Å². The lowest BCUT2D eigenvalue weighted by Crippen LogP contribution is -2.51. The predicted octanol–water partition coefficient (Wildman–Crippen LogP) is 2.43. The number of benzene rings is 1. The minimum absolute atomic E-state index is 0.0110. The van der Waals surface area contributed by atoms with Crippen LogP contribution in [0.25, 0.3) is 0 Å². The first-order valence-electron chi connectivity index (χ1n) is 5.55. The average Bonchev–Trinajstić information content (AvgIpc) is 2.32. The van der Waals surface area contributed by atoms with Crippen molar-refractivity contribution in [2.45, 2.75) is 13.0 Å². The summed E-state index contributed by atoms with van der Waals surface area (Å²) in [7, 11) is 0. The summed E-state index contributed by atoms with van der Waals surface area (Å²) >= 11 is 11.7. The summed E-state index contributed by atoms with van der Waals surface area (Å²) in [4.78, 5) is 14.0. The number of carbonyl (C=O) groups excluding carboxylic acids is 1. The number of nitrogens with one attached hydrogen (secondary N) is 1. The van der Waals surface area contributed by atoms with E-state index < -0.39 is 0 Å². The van der Waals surface area contributed by atoms with Crippen LogP contribution in [0.3, 0.4) is 0 Å². The maximum absolute atomic E-state index is 12.2. The van der Waals surface area contributed by atoms with Gasteiger partial charge in [-0.15, -0.1) is 0 Å². The van der Waals surface area contributed by atoms with Crippen LogP contribution in [0.4, 0.5) is 0 Å². The Balaban J connectivity index is 2.15. The zero-order chi connectivity index (χ0) is 12.4. The second kappa shape index (κ2) is 5.25. The highest BCUT2D eigenvalue weighted by molar-refractivity contribution is 6.42. The van der Waals surface area contributed by atoms with E-state index in [9.17, 15) is 4.79 Å². The molecule has 0 aliphatic carbocycles. The van der Waals surface area contributed by atoms with Crippen molar-refractivity contribution in [2.75, 3.05) is 19.6 Å². The normalized spacial score (nSPS) is 20.4. The van der Waals surface area contributed by atoms with Crippen LogP contribution in [0.2, 0.25) is 10.0 Å². The molecule has 5 heteroatoms. The summed E-state index contributed by atoms with van der Waals surface area (Å²) in [5, 5.41) is 4.18. The Labute approximate surface area is 111 Å². The van der Waals surface area contributed by atoms with Gasteiger partial charge in [-0.2, -0.15) is 0 Å². The summed E-state index contributed by atoms with van der Waals surface area (Å²) in [5.41, 5.74) is 0.591. The summed E-state index contributed by atoms with van der Waals surface area (Å²) in [6, 6.07) is 5.32. The monoisotopic (exact) mass is 272 g/mol. The molecule has 1 saturated heterocycles. The lowest BCUT2D eigenvalue weighted by molar-refractivity contribution is 0.0709. The molecule has 1 amide bonds. The van der Waals surface area contributed by atoms with Gasteiger partial charge in [-0.1, -0.05) is 23.2 Å². The number of piperazine rings is 1. The Morgan fingerprint density at radius 3 is 2.82 bits per heavy atom. The van der Waals surface area contributed by atoms with Crippen molar-refractivity contribution in [3.63, 3.8) is 0 Å². The molecular formula is C12H14Cl2N2O. The molecular weight excluding hydrogens is 259 g/mol. The molecule has 1 aliphatic heterocycles. The predicted molar refractivity (Wildman–Crippen MR) is 69.8 cm³/mol. The summed E-state index contributed by atoms with van der Waals surface area (Å²) in [6.45, 7) is 4.34. The Kier molecular flexibility index (Phi) is 3.92. The van der Waals surface area contributed by atoms with Crippen molar-refractivity contribution in [3.05, 3.63) is 33.8 Å². The fraction of sp³-hybridized carbons (Fsp3) is 0.417. The molecule has 0 radical (unpaired) electrons. The second-order valence-corrected chi connectivity index (χ2v) is 5.05. The maximum atomic E-state index is 12.2. The van der Waals surface area contributed by atoms with Gasteiger partial charge in [-0.05, 0) is 25.1 Å². The van der Waals surface area contributed by atoms with Crippen molar-refractivity contribution in [1.82, 2.24) is 10.2 Å². The first kappa shape index (κ1) is 12.7. The van der Waals surface area contributed by atoms with Gasteiger partial charge in [0.25, 0.3) is 5.91 Å². The van der Waals surface area contributed by atoms with Gasteiger partial charge < -0.3 is 10.2 Å². The highest BCUT2D eigenvalue weighted by Crippen LogP contribution is 2.23. The van der Waals surface area contributed by atoms with Crippen molar-refractivity contribution < 1.29 is 4.79 Å². The fourth-order valence-electron chi connectivity index (χ4n) is 1.93. The molecule has 1 fully saturated rings. The number of nitrogens with zero attached hydrogens (tertiary/aromatic N) is 1. The fourth-order valence-corrected chi connectivity index (χ4v) is 2.23. The van der Waals surface area contributed by atoms with Crippen molar-refractivity contribution in [3.8, 4) is 0 Å². The van der Waals surface area contributed by atoms with E-state index in [4.69, 9.17) is 23.2 Å². The Morgan fingerprint density at radius 1 is 1.41 bits per heavy atom. The average molecular weight is 273 g/mol. The highest BCUT2D eigenvalue weighted by atomic mass is 35.5. The van der Waals surface area contributed by atoms with Crippen LogP contribution < -0.4 is 5.32 Å². The highest BCUT2D eigenvalue weighted by Gasteiger charge is 2.21. The molecule has 3 nitrogen and oxygen atoms in total. The zero-order valence-corrected chi connectivity index (χ0v) is 11.1. The largest absolute Gasteiger partial charge is 0.336 e. The van der Waals surface area contributed by atoms with E-state index in [1.807, 2.05) is 4.90 Å². The van der Waals surface area contributed by atoms with Crippen molar-refractivity contribution >= 4 is 29.1 Å². The van der Waals surface area contributed by atoms with Gasteiger partial charge in [0.15, 0.2) is 0 Å². The molecule has 2 rings (SSSR count). The van der Waals surface area contributed by atoms with Crippen LogP contribution in [0, 0.1) is 0 Å². The third-order valence-corrected chi connectivity index (χ3v) is 3.56. The smallest absolute Gasteiger partial charge is 0.254 e. The first-order valence-corrected chi connectivity index (χ1v) is 6.31. The Morgan fingerprint density at radius 2 is 2.18 bits per heavy atom. The van der Waals surface area contributed by atoms with E-state index in [0.717, 1.165) is 19.6 Å². The zero-order valence-electron chi connectivity index (χ0n) is 9.54. The molecule has 0 bridgehead atoms. The lowest BCUT2D eigenvalue weighted by Gasteiger charge is -2.32. The summed E-state index contributed by atoms with van der Waals surface area (Å²) < 4.78 is 0. The second-order valence-electron chi connectivity index (χ2n) is 4.24. The minimum atomic E-state index is 0.0110. The molecule has 92 valence electrons. The van der Waals surface area contributed by atoms with E-state index >= 15 is 0 Å². The van der Waals surface area contributed by atoms with E-state index in [0.29, 0.717) is 21.7 Å². The molecule has 1 unspecified atom stereocenters. The van der Waals surface area contributed by atoms with Crippen LogP contribution in [-0.2, 0) is 0 Å². The van der Waals surface area contributed by atoms with Crippen LogP contribution in [0.1, 0.15) is 17.3 Å². The molecule has 1 aromatic rings. The van der Waals surface area contributed by atoms with Gasteiger partial charge in [-0.3, -0.25) is 4.79 Å².